The summed E-state index contributed by atoms with van der Waals surface area (Å²) < 4.78 is 60.0. The molecule has 4 aliphatic heterocycles. The fraction of sp³-hybridized carbons (Fsp3) is 0.885. The van der Waals surface area contributed by atoms with Crippen molar-refractivity contribution in [2.45, 2.75) is 236 Å². The maximum atomic E-state index is 13.1. The van der Waals surface area contributed by atoms with Crippen molar-refractivity contribution in [3.63, 3.8) is 0 Å². The Hall–Kier alpha value is -2.50. The van der Waals surface area contributed by atoms with Crippen molar-refractivity contribution in [3.05, 3.63) is 24.3 Å². The van der Waals surface area contributed by atoms with E-state index in [4.69, 9.17) is 47.4 Å². The molecule has 0 aromatic carbocycles. The molecule has 0 aromatic rings. The number of allylic oxidation sites excluding steroid dienone is 2. The van der Waals surface area contributed by atoms with Gasteiger partial charge in [0.05, 0.1) is 73.8 Å². The van der Waals surface area contributed by atoms with Crippen LogP contribution in [0.4, 0.5) is 0 Å². The lowest BCUT2D eigenvalue weighted by Gasteiger charge is -2.53. The Bertz CT molecular complexity index is 2000. The number of ether oxygens (including phenoxy) is 10. The van der Waals surface area contributed by atoms with Gasteiger partial charge < -0.3 is 124 Å². The van der Waals surface area contributed by atoms with Crippen LogP contribution in [-0.4, -0.2) is 275 Å². The summed E-state index contributed by atoms with van der Waals surface area (Å²) in [6, 6.07) is 0. The lowest BCUT2D eigenvalue weighted by Crippen LogP contribution is -2.66. The summed E-state index contributed by atoms with van der Waals surface area (Å²) in [6.45, 7) is -2.12. The summed E-state index contributed by atoms with van der Waals surface area (Å²) in [7, 11) is 1.48. The quantitative estimate of drug-likeness (QED) is 0.0477. The minimum atomic E-state index is -2.06. The Morgan fingerprint density at radius 1 is 0.468 bits per heavy atom. The average Bonchev–Trinajstić information content (AvgIpc) is 3.43. The van der Waals surface area contributed by atoms with E-state index in [2.05, 4.69) is 0 Å². The molecule has 0 aromatic heterocycles. The van der Waals surface area contributed by atoms with Crippen LogP contribution in [0.2, 0.25) is 0 Å². The molecule has 15 unspecified atom stereocenters. The zero-order chi connectivity index (χ0) is 57.0. The normalized spacial score (nSPS) is 49.1. The summed E-state index contributed by atoms with van der Waals surface area (Å²) in [4.78, 5) is 26.0. The maximum Gasteiger partial charge on any atom is 0.330 e. The second kappa shape index (κ2) is 27.9. The maximum absolute atomic E-state index is 13.1. The molecule has 30 atom stereocenters. The van der Waals surface area contributed by atoms with Crippen molar-refractivity contribution in [1.82, 2.24) is 0 Å². The molecule has 0 radical (unpaired) electrons. The zero-order valence-electron chi connectivity index (χ0n) is 43.8. The second-order valence-electron chi connectivity index (χ2n) is 22.7. The van der Waals surface area contributed by atoms with Gasteiger partial charge in [0.15, 0.2) is 18.9 Å². The van der Waals surface area contributed by atoms with Crippen LogP contribution in [0.5, 0.6) is 0 Å². The number of carbonyl (C=O) groups excluding carboxylic acids is 2. The molecule has 8 rings (SSSR count). The first-order valence-corrected chi connectivity index (χ1v) is 27.6. The predicted molar refractivity (Wildman–Crippen MR) is 261 cm³/mol. The molecule has 4 aliphatic carbocycles. The van der Waals surface area contributed by atoms with Crippen LogP contribution >= 0.6 is 0 Å². The summed E-state index contributed by atoms with van der Waals surface area (Å²) in [5.41, 5.74) is 0. The van der Waals surface area contributed by atoms with Crippen molar-refractivity contribution in [2.75, 3.05) is 26.9 Å². The molecule has 8 fully saturated rings. The van der Waals surface area contributed by atoms with Gasteiger partial charge in [-0.1, -0.05) is 12.2 Å². The van der Waals surface area contributed by atoms with Crippen molar-refractivity contribution >= 4 is 11.9 Å². The van der Waals surface area contributed by atoms with Gasteiger partial charge in [-0.15, -0.1) is 0 Å². The summed E-state index contributed by atoms with van der Waals surface area (Å²) >= 11 is 0. The molecule has 452 valence electrons. The first-order chi connectivity index (χ1) is 37.6. The lowest BCUT2D eigenvalue weighted by molar-refractivity contribution is -0.380. The van der Waals surface area contributed by atoms with Gasteiger partial charge in [-0.3, -0.25) is 0 Å². The van der Waals surface area contributed by atoms with E-state index in [9.17, 15) is 86.2 Å². The molecule has 4 heterocycles. The Labute approximate surface area is 455 Å². The number of fused-ring (bicyclic) bond motifs is 1. The van der Waals surface area contributed by atoms with Gasteiger partial charge in [-0.05, 0) is 88.4 Å². The molecule has 15 N–H and O–H groups in total. The Morgan fingerprint density at radius 2 is 0.987 bits per heavy atom. The number of aliphatic hydroxyl groups is 15. The van der Waals surface area contributed by atoms with E-state index in [1.165, 1.54) is 19.3 Å². The molecule has 0 spiro atoms. The molecule has 4 saturated heterocycles. The molecule has 79 heavy (non-hydrogen) atoms. The van der Waals surface area contributed by atoms with Crippen molar-refractivity contribution in [1.29, 1.82) is 0 Å². The zero-order valence-corrected chi connectivity index (χ0v) is 43.8. The number of carbonyl (C=O) groups is 2. The standard InChI is InChI=1S/C52H82O27/c1-70-33-13-22(3-8-28(33)57)5-11-39(61)71-19-36-41(63)44(66)47(69)51(77-36)79-49-45(67)42(64)37(20-72-38(60)10-4-21-2-7-26(55)29(58)12-21)78-52(49)75-34-17-25-31(73-48(34)23-6-9-27(56)30(59)14-23)15-24(54)16-32(25)74-50-46(68)43(65)40(62)35(18-53)76-50/h4-5,10-11,21-37,40-59,62-69H,2-3,6-9,12-20H2,1H3/t21?,22?,23?,24?,25?,26?,27?,28?,29?,30?,31?,32?,33?,34?,35-,36-,37-,40-,41-,42-,43+,44+,45+,46-,47-,48?,49-,50-,51+,52-/m1/s1. The predicted octanol–water partition coefficient (Wildman–Crippen LogP) is -5.46. The van der Waals surface area contributed by atoms with Crippen LogP contribution in [0.1, 0.15) is 77.0 Å². The van der Waals surface area contributed by atoms with Crippen molar-refractivity contribution in [3.8, 4) is 0 Å². The molecule has 8 aliphatic rings. The smallest absolute Gasteiger partial charge is 0.330 e. The molecule has 4 saturated carbocycles. The number of aliphatic hydroxyl groups excluding tert-OH is 15. The number of rotatable bonds is 17. The van der Waals surface area contributed by atoms with Crippen molar-refractivity contribution < 1.29 is 134 Å². The topological polar surface area (TPSA) is 430 Å². The summed E-state index contributed by atoms with van der Waals surface area (Å²) in [5.74, 6) is -3.40. The number of methoxy groups -OCH3 is 1. The van der Waals surface area contributed by atoms with Crippen LogP contribution < -0.4 is 0 Å². The monoisotopic (exact) mass is 1140 g/mol. The minimum Gasteiger partial charge on any atom is -0.460 e. The number of hydrogen-bond acceptors (Lipinski definition) is 27. The molecular weight excluding hydrogens is 1060 g/mol. The van der Waals surface area contributed by atoms with Gasteiger partial charge in [0.2, 0.25) is 0 Å². The SMILES string of the molecule is COC1CC(C=CC(=O)OC[C@H]2O[C@@H](O[C@H]3[C@H](OC4CC5C(CC(O)CC5O[C@@H]5O[C@H](CO)[C@@H](O)[C@H](O)[C@H]5O)OC4C4CCC(O)C(O)C4)O[C@H](COC(=O)C=CC4CCC(O)C(O)C4)[C@@H](O)[C@@H]3O)[C@H](O)[C@@H](O)[C@@H]2O)CCC1O. The molecule has 0 amide bonds. The molecule has 27 heteroatoms. The van der Waals surface area contributed by atoms with E-state index >= 15 is 0 Å². The van der Waals surface area contributed by atoms with E-state index in [-0.39, 0.29) is 50.4 Å². The van der Waals surface area contributed by atoms with E-state index in [0.717, 1.165) is 6.08 Å². The van der Waals surface area contributed by atoms with Crippen LogP contribution in [0.15, 0.2) is 24.3 Å². The number of esters is 2. The second-order valence-corrected chi connectivity index (χ2v) is 22.7. The largest absolute Gasteiger partial charge is 0.460 e. The highest BCUT2D eigenvalue weighted by Gasteiger charge is 2.56. The fourth-order valence-corrected chi connectivity index (χ4v) is 12.4. The first kappa shape index (κ1) is 62.5. The van der Waals surface area contributed by atoms with Gasteiger partial charge in [0.1, 0.15) is 86.5 Å². The highest BCUT2D eigenvalue weighted by molar-refractivity contribution is 5.82. The first-order valence-electron chi connectivity index (χ1n) is 27.6. The van der Waals surface area contributed by atoms with Gasteiger partial charge >= 0.3 is 11.9 Å². The highest BCUT2D eigenvalue weighted by Crippen LogP contribution is 2.45. The van der Waals surface area contributed by atoms with E-state index in [1.54, 1.807) is 6.08 Å². The third-order valence-electron chi connectivity index (χ3n) is 17.2. The van der Waals surface area contributed by atoms with Gasteiger partial charge in [0, 0.05) is 31.6 Å². The van der Waals surface area contributed by atoms with Crippen LogP contribution in [0.3, 0.4) is 0 Å². The van der Waals surface area contributed by atoms with Gasteiger partial charge in [-0.25, -0.2) is 9.59 Å². The third-order valence-corrected chi connectivity index (χ3v) is 17.2. The van der Waals surface area contributed by atoms with Gasteiger partial charge in [-0.2, -0.15) is 0 Å². The van der Waals surface area contributed by atoms with Gasteiger partial charge in [0.25, 0.3) is 0 Å². The third kappa shape index (κ3) is 15.1. The van der Waals surface area contributed by atoms with E-state index in [0.29, 0.717) is 38.5 Å². The molecule has 27 nitrogen and oxygen atoms in total. The van der Waals surface area contributed by atoms with Crippen LogP contribution in [-0.2, 0) is 57.0 Å². The lowest BCUT2D eigenvalue weighted by atomic mass is 9.72. The molecular formula is C52H82O27. The Morgan fingerprint density at radius 3 is 1.58 bits per heavy atom. The minimum absolute atomic E-state index is 0.0127. The molecule has 0 bridgehead atoms. The van der Waals surface area contributed by atoms with Crippen molar-refractivity contribution in [2.24, 2.45) is 23.7 Å². The summed E-state index contributed by atoms with van der Waals surface area (Å²) in [6.07, 6.45) is -28.8. The average molecular weight is 1140 g/mol. The van der Waals surface area contributed by atoms with E-state index in [1.807, 2.05) is 0 Å². The Balaban J connectivity index is 1.04. The number of hydrogen-bond donors (Lipinski definition) is 15. The Kier molecular flexibility index (Phi) is 22.1. The van der Waals surface area contributed by atoms with Crippen LogP contribution in [0, 0.1) is 23.7 Å². The highest BCUT2D eigenvalue weighted by atomic mass is 16.8. The van der Waals surface area contributed by atoms with E-state index < -0.39 is 203 Å². The summed E-state index contributed by atoms with van der Waals surface area (Å²) in [5, 5.41) is 162. The fourth-order valence-electron chi connectivity index (χ4n) is 12.4. The van der Waals surface area contributed by atoms with Crippen LogP contribution in [0.25, 0.3) is 0 Å².